The Morgan fingerprint density at radius 3 is 2.73 bits per heavy atom. The number of hydrogen-bond acceptors (Lipinski definition) is 2. The SMILES string of the molecule is C/C=C\C=C(/C)CN1CCC(Cc2ccccc2)(C(=O)O)C1. The van der Waals surface area contributed by atoms with Gasteiger partial charge in [-0.15, -0.1) is 0 Å². The van der Waals surface area contributed by atoms with Crippen molar-refractivity contribution in [1.29, 1.82) is 0 Å². The number of allylic oxidation sites excluding steroid dienone is 3. The molecule has 0 aromatic heterocycles. The van der Waals surface area contributed by atoms with Crippen LogP contribution in [0.2, 0.25) is 0 Å². The van der Waals surface area contributed by atoms with Crippen LogP contribution in [-0.2, 0) is 11.2 Å². The van der Waals surface area contributed by atoms with Gasteiger partial charge < -0.3 is 5.11 Å². The number of benzene rings is 1. The first-order valence-corrected chi connectivity index (χ1v) is 7.84. The van der Waals surface area contributed by atoms with Crippen LogP contribution in [-0.4, -0.2) is 35.6 Å². The summed E-state index contributed by atoms with van der Waals surface area (Å²) in [6.07, 6.45) is 7.45. The fourth-order valence-corrected chi connectivity index (χ4v) is 3.14. The molecule has 1 N–H and O–H groups in total. The highest BCUT2D eigenvalue weighted by Crippen LogP contribution is 2.35. The molecule has 1 heterocycles. The Kier molecular flexibility index (Phi) is 5.56. The molecule has 1 aromatic rings. The summed E-state index contributed by atoms with van der Waals surface area (Å²) >= 11 is 0. The van der Waals surface area contributed by atoms with Crippen LogP contribution in [0.15, 0.2) is 54.1 Å². The largest absolute Gasteiger partial charge is 0.481 e. The lowest BCUT2D eigenvalue weighted by Crippen LogP contribution is -2.37. The minimum absolute atomic E-state index is 0.608. The van der Waals surface area contributed by atoms with E-state index < -0.39 is 11.4 Å². The van der Waals surface area contributed by atoms with Crippen molar-refractivity contribution in [2.24, 2.45) is 5.41 Å². The smallest absolute Gasteiger partial charge is 0.311 e. The molecule has 0 radical (unpaired) electrons. The van der Waals surface area contributed by atoms with Crippen LogP contribution in [0.4, 0.5) is 0 Å². The van der Waals surface area contributed by atoms with Crippen molar-refractivity contribution < 1.29 is 9.90 Å². The second kappa shape index (κ2) is 7.41. The molecule has 0 saturated carbocycles. The van der Waals surface area contributed by atoms with E-state index in [0.717, 1.165) is 18.7 Å². The molecule has 1 unspecified atom stereocenters. The fourth-order valence-electron chi connectivity index (χ4n) is 3.14. The Hall–Kier alpha value is -1.87. The van der Waals surface area contributed by atoms with Crippen LogP contribution in [0.5, 0.6) is 0 Å². The zero-order valence-electron chi connectivity index (χ0n) is 13.5. The summed E-state index contributed by atoms with van der Waals surface area (Å²) in [6.45, 7) is 6.40. The van der Waals surface area contributed by atoms with Crippen LogP contribution < -0.4 is 0 Å². The maximum absolute atomic E-state index is 11.9. The van der Waals surface area contributed by atoms with Crippen molar-refractivity contribution in [2.45, 2.75) is 26.7 Å². The molecule has 2 rings (SSSR count). The standard InChI is InChI=1S/C19H25NO2/c1-3-4-8-16(2)14-20-12-11-19(15-20,18(21)22)13-17-9-6-5-7-10-17/h3-10H,11-15H2,1-2H3,(H,21,22)/b4-3-,16-8+. The number of nitrogens with zero attached hydrogens (tertiary/aromatic N) is 1. The summed E-state index contributed by atoms with van der Waals surface area (Å²) in [7, 11) is 0. The average molecular weight is 299 g/mol. The van der Waals surface area contributed by atoms with Gasteiger partial charge in [0.05, 0.1) is 5.41 Å². The van der Waals surface area contributed by atoms with Gasteiger partial charge in [-0.25, -0.2) is 0 Å². The van der Waals surface area contributed by atoms with Gasteiger partial charge in [0.15, 0.2) is 0 Å². The average Bonchev–Trinajstić information content (AvgIpc) is 2.90. The van der Waals surface area contributed by atoms with E-state index in [0.29, 0.717) is 19.4 Å². The highest BCUT2D eigenvalue weighted by molar-refractivity contribution is 5.76. The maximum atomic E-state index is 11.9. The third kappa shape index (κ3) is 4.08. The van der Waals surface area contributed by atoms with Gasteiger partial charge >= 0.3 is 5.97 Å². The van der Waals surface area contributed by atoms with E-state index >= 15 is 0 Å². The van der Waals surface area contributed by atoms with Gasteiger partial charge in [0.25, 0.3) is 0 Å². The van der Waals surface area contributed by atoms with Crippen LogP contribution in [0.1, 0.15) is 25.8 Å². The summed E-state index contributed by atoms with van der Waals surface area (Å²) in [5.74, 6) is -0.672. The Morgan fingerprint density at radius 1 is 1.36 bits per heavy atom. The second-order valence-corrected chi connectivity index (χ2v) is 6.25. The lowest BCUT2D eigenvalue weighted by Gasteiger charge is -2.25. The number of aliphatic carboxylic acids is 1. The zero-order valence-corrected chi connectivity index (χ0v) is 13.5. The summed E-state index contributed by atoms with van der Waals surface area (Å²) in [4.78, 5) is 14.1. The Morgan fingerprint density at radius 2 is 2.09 bits per heavy atom. The van der Waals surface area contributed by atoms with Crippen molar-refractivity contribution in [3.05, 3.63) is 59.7 Å². The van der Waals surface area contributed by atoms with Gasteiger partial charge in [0.1, 0.15) is 0 Å². The zero-order chi connectivity index (χ0) is 16.0. The first-order valence-electron chi connectivity index (χ1n) is 7.84. The van der Waals surface area contributed by atoms with Gasteiger partial charge in [-0.1, -0.05) is 54.1 Å². The predicted octanol–water partition coefficient (Wildman–Crippen LogP) is 3.53. The number of hydrogen-bond donors (Lipinski definition) is 1. The Bertz CT molecular complexity index is 562. The van der Waals surface area contributed by atoms with Crippen LogP contribution >= 0.6 is 0 Å². The van der Waals surface area contributed by atoms with Gasteiger partial charge in [-0.2, -0.15) is 0 Å². The van der Waals surface area contributed by atoms with E-state index in [-0.39, 0.29) is 0 Å². The second-order valence-electron chi connectivity index (χ2n) is 6.25. The molecule has 3 nitrogen and oxygen atoms in total. The predicted molar refractivity (Wildman–Crippen MR) is 89.8 cm³/mol. The van der Waals surface area contributed by atoms with E-state index in [1.165, 1.54) is 5.57 Å². The Balaban J connectivity index is 2.06. The first kappa shape index (κ1) is 16.5. The molecule has 0 bridgehead atoms. The first-order chi connectivity index (χ1) is 10.6. The minimum Gasteiger partial charge on any atom is -0.481 e. The van der Waals surface area contributed by atoms with Crippen molar-refractivity contribution in [3.8, 4) is 0 Å². The third-order valence-corrected chi connectivity index (χ3v) is 4.32. The molecule has 22 heavy (non-hydrogen) atoms. The highest BCUT2D eigenvalue weighted by atomic mass is 16.4. The van der Waals surface area contributed by atoms with Crippen LogP contribution in [0, 0.1) is 5.41 Å². The van der Waals surface area contributed by atoms with Gasteiger partial charge in [-0.3, -0.25) is 9.69 Å². The van der Waals surface area contributed by atoms with Gasteiger partial charge in [0.2, 0.25) is 0 Å². The van der Waals surface area contributed by atoms with E-state index in [4.69, 9.17) is 0 Å². The summed E-state index contributed by atoms with van der Waals surface area (Å²) < 4.78 is 0. The topological polar surface area (TPSA) is 40.5 Å². The summed E-state index contributed by atoms with van der Waals surface area (Å²) in [5, 5.41) is 9.77. The molecule has 1 fully saturated rings. The molecule has 1 aliphatic rings. The highest BCUT2D eigenvalue weighted by Gasteiger charge is 2.44. The molecule has 0 aliphatic carbocycles. The molecule has 1 saturated heterocycles. The number of carboxylic acids is 1. The van der Waals surface area contributed by atoms with E-state index in [9.17, 15) is 9.90 Å². The molecule has 0 amide bonds. The molecule has 1 aliphatic heterocycles. The van der Waals surface area contributed by atoms with Crippen molar-refractivity contribution in [3.63, 3.8) is 0 Å². The number of likely N-dealkylation sites (tertiary alicyclic amines) is 1. The number of carbonyl (C=O) groups is 1. The third-order valence-electron chi connectivity index (χ3n) is 4.32. The fraction of sp³-hybridized carbons (Fsp3) is 0.421. The number of carboxylic acid groups (broad SMARTS) is 1. The monoisotopic (exact) mass is 299 g/mol. The minimum atomic E-state index is -0.672. The maximum Gasteiger partial charge on any atom is 0.311 e. The number of rotatable bonds is 6. The van der Waals surface area contributed by atoms with Gasteiger partial charge in [0, 0.05) is 13.1 Å². The van der Waals surface area contributed by atoms with Crippen molar-refractivity contribution >= 4 is 5.97 Å². The molecular formula is C19H25NO2. The normalized spacial score (nSPS) is 23.3. The quantitative estimate of drug-likeness (QED) is 0.817. The lowest BCUT2D eigenvalue weighted by molar-refractivity contribution is -0.148. The van der Waals surface area contributed by atoms with E-state index in [2.05, 4.69) is 17.9 Å². The van der Waals surface area contributed by atoms with E-state index in [1.54, 1.807) is 0 Å². The molecular weight excluding hydrogens is 274 g/mol. The van der Waals surface area contributed by atoms with Gasteiger partial charge in [-0.05, 0) is 38.8 Å². The van der Waals surface area contributed by atoms with Crippen LogP contribution in [0.3, 0.4) is 0 Å². The molecule has 1 aromatic carbocycles. The summed E-state index contributed by atoms with van der Waals surface area (Å²) in [6, 6.07) is 9.95. The molecule has 0 spiro atoms. The molecule has 118 valence electrons. The Labute approximate surface area is 133 Å². The van der Waals surface area contributed by atoms with Crippen molar-refractivity contribution in [1.82, 2.24) is 4.90 Å². The lowest BCUT2D eigenvalue weighted by atomic mass is 9.81. The van der Waals surface area contributed by atoms with Crippen LogP contribution in [0.25, 0.3) is 0 Å². The van der Waals surface area contributed by atoms with E-state index in [1.807, 2.05) is 49.4 Å². The molecule has 1 atom stereocenters. The summed E-state index contributed by atoms with van der Waals surface area (Å²) in [5.41, 5.74) is 1.72. The molecule has 3 heteroatoms. The van der Waals surface area contributed by atoms with Crippen molar-refractivity contribution in [2.75, 3.05) is 19.6 Å².